The molecule has 2 aliphatic rings. The van der Waals surface area contributed by atoms with E-state index >= 15 is 0 Å². The van der Waals surface area contributed by atoms with Crippen LogP contribution in [-0.2, 0) is 11.3 Å². The van der Waals surface area contributed by atoms with Crippen molar-refractivity contribution in [2.75, 3.05) is 46.0 Å². The van der Waals surface area contributed by atoms with Gasteiger partial charge in [-0.2, -0.15) is 0 Å². The Balaban J connectivity index is 1.39. The normalized spacial score (nSPS) is 21.5. The Bertz CT molecular complexity index is 719. The molecule has 150 valence electrons. The zero-order valence-electron chi connectivity index (χ0n) is 16.6. The molecule has 0 N–H and O–H groups in total. The Morgan fingerprint density at radius 1 is 1.00 bits per heavy atom. The van der Waals surface area contributed by atoms with E-state index < -0.39 is 0 Å². The van der Waals surface area contributed by atoms with E-state index in [1.54, 1.807) is 0 Å². The second-order valence-electron chi connectivity index (χ2n) is 7.65. The first-order valence-electron chi connectivity index (χ1n) is 10.6. The Morgan fingerprint density at radius 3 is 2.71 bits per heavy atom. The number of morpholine rings is 1. The van der Waals surface area contributed by atoms with Crippen LogP contribution in [0, 0.1) is 0 Å². The van der Waals surface area contributed by atoms with Gasteiger partial charge in [-0.05, 0) is 37.6 Å². The van der Waals surface area contributed by atoms with Crippen molar-refractivity contribution in [1.29, 1.82) is 0 Å². The lowest BCUT2D eigenvalue weighted by atomic mass is 9.98. The summed E-state index contributed by atoms with van der Waals surface area (Å²) in [6.45, 7) is 7.38. The standard InChI is InChI=1S/C23H31N3O2/c1-2-10-23(28-18-15-25-13-16-27-17-14-25)20(7-1)19-26-12-6-4-9-22(26)21-8-3-5-11-24-21/h1-3,5,7-8,10-11,22H,4,6,9,12-19H2/t22-/m1/s1. The SMILES string of the molecule is c1ccc([C@H]2CCCCN2Cc2ccccc2OCCN2CCOCC2)nc1. The number of ether oxygens (including phenoxy) is 2. The van der Waals surface area contributed by atoms with Gasteiger partial charge in [0.05, 0.1) is 24.9 Å². The van der Waals surface area contributed by atoms with E-state index in [0.717, 1.165) is 58.3 Å². The average Bonchev–Trinajstić information content (AvgIpc) is 2.77. The predicted octanol–water partition coefficient (Wildman–Crippen LogP) is 3.52. The molecule has 1 atom stereocenters. The van der Waals surface area contributed by atoms with Crippen LogP contribution < -0.4 is 4.74 Å². The molecule has 0 saturated carbocycles. The van der Waals surface area contributed by atoms with Gasteiger partial charge in [0.15, 0.2) is 0 Å². The smallest absolute Gasteiger partial charge is 0.123 e. The van der Waals surface area contributed by atoms with Crippen molar-refractivity contribution in [3.8, 4) is 5.75 Å². The van der Waals surface area contributed by atoms with Crippen molar-refractivity contribution in [3.05, 3.63) is 59.9 Å². The molecule has 2 aromatic rings. The summed E-state index contributed by atoms with van der Waals surface area (Å²) < 4.78 is 11.6. The fraction of sp³-hybridized carbons (Fsp3) is 0.522. The maximum atomic E-state index is 6.20. The van der Waals surface area contributed by atoms with Crippen LogP contribution >= 0.6 is 0 Å². The van der Waals surface area contributed by atoms with Crippen molar-refractivity contribution < 1.29 is 9.47 Å². The van der Waals surface area contributed by atoms with Crippen molar-refractivity contribution in [3.63, 3.8) is 0 Å². The molecule has 2 aliphatic heterocycles. The molecule has 1 aromatic carbocycles. The first kappa shape index (κ1) is 19.4. The second kappa shape index (κ2) is 10.0. The van der Waals surface area contributed by atoms with Crippen molar-refractivity contribution in [1.82, 2.24) is 14.8 Å². The Hall–Kier alpha value is -1.95. The van der Waals surface area contributed by atoms with Crippen LogP contribution in [0.25, 0.3) is 0 Å². The quantitative estimate of drug-likeness (QED) is 0.734. The number of nitrogens with zero attached hydrogens (tertiary/aromatic N) is 3. The number of likely N-dealkylation sites (tertiary alicyclic amines) is 1. The zero-order valence-corrected chi connectivity index (χ0v) is 16.6. The predicted molar refractivity (Wildman–Crippen MR) is 110 cm³/mol. The van der Waals surface area contributed by atoms with E-state index in [-0.39, 0.29) is 0 Å². The van der Waals surface area contributed by atoms with Gasteiger partial charge in [0.2, 0.25) is 0 Å². The number of aromatic nitrogens is 1. The van der Waals surface area contributed by atoms with Gasteiger partial charge in [-0.25, -0.2) is 0 Å². The van der Waals surface area contributed by atoms with Gasteiger partial charge < -0.3 is 9.47 Å². The van der Waals surface area contributed by atoms with E-state index in [2.05, 4.69) is 51.2 Å². The number of piperidine rings is 1. The summed E-state index contributed by atoms with van der Waals surface area (Å²) in [5, 5.41) is 0. The molecule has 1 aromatic heterocycles. The largest absolute Gasteiger partial charge is 0.492 e. The van der Waals surface area contributed by atoms with Crippen LogP contribution in [0.15, 0.2) is 48.7 Å². The highest BCUT2D eigenvalue weighted by Gasteiger charge is 2.25. The Morgan fingerprint density at radius 2 is 1.86 bits per heavy atom. The molecule has 3 heterocycles. The third-order valence-electron chi connectivity index (χ3n) is 5.76. The van der Waals surface area contributed by atoms with E-state index in [1.807, 2.05) is 12.3 Å². The Labute approximate surface area is 168 Å². The van der Waals surface area contributed by atoms with Crippen molar-refractivity contribution in [2.24, 2.45) is 0 Å². The van der Waals surface area contributed by atoms with Crippen LogP contribution in [0.5, 0.6) is 5.75 Å². The lowest BCUT2D eigenvalue weighted by Gasteiger charge is -2.35. The molecular formula is C23H31N3O2. The van der Waals surface area contributed by atoms with E-state index in [1.165, 1.54) is 30.5 Å². The summed E-state index contributed by atoms with van der Waals surface area (Å²) in [5.41, 5.74) is 2.46. The number of hydrogen-bond acceptors (Lipinski definition) is 5. The summed E-state index contributed by atoms with van der Waals surface area (Å²) in [6.07, 6.45) is 5.61. The van der Waals surface area contributed by atoms with Gasteiger partial charge in [0, 0.05) is 37.9 Å². The van der Waals surface area contributed by atoms with Crippen molar-refractivity contribution in [2.45, 2.75) is 31.8 Å². The summed E-state index contributed by atoms with van der Waals surface area (Å²) in [7, 11) is 0. The van der Waals surface area contributed by atoms with E-state index in [9.17, 15) is 0 Å². The number of benzene rings is 1. The van der Waals surface area contributed by atoms with Gasteiger partial charge in [0.25, 0.3) is 0 Å². The van der Waals surface area contributed by atoms with Crippen LogP contribution in [0.3, 0.4) is 0 Å². The van der Waals surface area contributed by atoms with Gasteiger partial charge in [0.1, 0.15) is 12.4 Å². The molecule has 4 rings (SSSR count). The lowest BCUT2D eigenvalue weighted by Crippen LogP contribution is -2.38. The van der Waals surface area contributed by atoms with Gasteiger partial charge in [-0.1, -0.05) is 30.7 Å². The summed E-state index contributed by atoms with van der Waals surface area (Å²) >= 11 is 0. The first-order chi connectivity index (χ1) is 13.9. The Kier molecular flexibility index (Phi) is 6.92. The number of rotatable bonds is 7. The zero-order chi connectivity index (χ0) is 19.0. The van der Waals surface area contributed by atoms with Crippen LogP contribution in [0.2, 0.25) is 0 Å². The van der Waals surface area contributed by atoms with Gasteiger partial charge in [-0.3, -0.25) is 14.8 Å². The molecule has 0 radical (unpaired) electrons. The molecule has 2 saturated heterocycles. The molecule has 0 unspecified atom stereocenters. The number of para-hydroxylation sites is 1. The summed E-state index contributed by atoms with van der Waals surface area (Å²) in [6, 6.07) is 15.1. The minimum Gasteiger partial charge on any atom is -0.492 e. The average molecular weight is 382 g/mol. The fourth-order valence-electron chi connectivity index (χ4n) is 4.19. The summed E-state index contributed by atoms with van der Waals surface area (Å²) in [4.78, 5) is 9.61. The molecule has 5 nitrogen and oxygen atoms in total. The molecule has 0 aliphatic carbocycles. The molecule has 0 bridgehead atoms. The topological polar surface area (TPSA) is 37.8 Å². The van der Waals surface area contributed by atoms with Gasteiger partial charge >= 0.3 is 0 Å². The minimum absolute atomic E-state index is 0.399. The molecule has 2 fully saturated rings. The maximum Gasteiger partial charge on any atom is 0.123 e. The van der Waals surface area contributed by atoms with Crippen LogP contribution in [0.1, 0.15) is 36.6 Å². The first-order valence-corrected chi connectivity index (χ1v) is 10.6. The maximum absolute atomic E-state index is 6.20. The molecule has 28 heavy (non-hydrogen) atoms. The number of hydrogen-bond donors (Lipinski definition) is 0. The van der Waals surface area contributed by atoms with E-state index in [0.29, 0.717) is 6.04 Å². The minimum atomic E-state index is 0.399. The lowest BCUT2D eigenvalue weighted by molar-refractivity contribution is 0.0321. The monoisotopic (exact) mass is 381 g/mol. The van der Waals surface area contributed by atoms with Crippen LogP contribution in [-0.4, -0.2) is 60.8 Å². The third kappa shape index (κ3) is 5.10. The summed E-state index contributed by atoms with van der Waals surface area (Å²) in [5.74, 6) is 1.01. The molecular weight excluding hydrogens is 350 g/mol. The molecule has 5 heteroatoms. The van der Waals surface area contributed by atoms with Crippen molar-refractivity contribution >= 4 is 0 Å². The van der Waals surface area contributed by atoms with Gasteiger partial charge in [-0.15, -0.1) is 0 Å². The highest BCUT2D eigenvalue weighted by molar-refractivity contribution is 5.33. The van der Waals surface area contributed by atoms with Crippen LogP contribution in [0.4, 0.5) is 0 Å². The molecule has 0 amide bonds. The highest BCUT2D eigenvalue weighted by atomic mass is 16.5. The second-order valence-corrected chi connectivity index (χ2v) is 7.65. The third-order valence-corrected chi connectivity index (χ3v) is 5.76. The number of pyridine rings is 1. The van der Waals surface area contributed by atoms with E-state index in [4.69, 9.17) is 9.47 Å². The fourth-order valence-corrected chi connectivity index (χ4v) is 4.19. The molecule has 0 spiro atoms. The highest BCUT2D eigenvalue weighted by Crippen LogP contribution is 2.32.